The quantitative estimate of drug-likeness (QED) is 0.796. The zero-order chi connectivity index (χ0) is 14.8. The molecular weight excluding hydrogens is 265 g/mol. The third-order valence-electron chi connectivity index (χ3n) is 2.43. The van der Waals surface area contributed by atoms with Crippen LogP contribution in [0.3, 0.4) is 0 Å². The van der Waals surface area contributed by atoms with Gasteiger partial charge < -0.3 is 15.0 Å². The second-order valence-corrected chi connectivity index (χ2v) is 5.38. The molecule has 0 aliphatic carbocycles. The van der Waals surface area contributed by atoms with Crippen molar-refractivity contribution >= 4 is 12.0 Å². The van der Waals surface area contributed by atoms with Crippen LogP contribution in [0.1, 0.15) is 27.2 Å². The number of carbonyl (C=O) groups excluding carboxylic acids is 2. The van der Waals surface area contributed by atoms with Crippen LogP contribution in [0.2, 0.25) is 0 Å². The Balaban J connectivity index is 2.46. The first-order valence-electron chi connectivity index (χ1n) is 5.84. The van der Waals surface area contributed by atoms with Crippen molar-refractivity contribution in [2.24, 2.45) is 0 Å². The van der Waals surface area contributed by atoms with Gasteiger partial charge in [-0.25, -0.2) is 4.79 Å². The number of rotatable bonds is 1. The van der Waals surface area contributed by atoms with Gasteiger partial charge in [-0.15, -0.1) is 0 Å². The predicted octanol–water partition coefficient (Wildman–Crippen LogP) is 1.67. The van der Waals surface area contributed by atoms with Crippen molar-refractivity contribution < 1.29 is 27.5 Å². The first-order valence-corrected chi connectivity index (χ1v) is 5.84. The average Bonchev–Trinajstić information content (AvgIpc) is 2.62. The molecule has 0 radical (unpaired) electrons. The summed E-state index contributed by atoms with van der Waals surface area (Å²) >= 11 is 0. The third-order valence-corrected chi connectivity index (χ3v) is 2.43. The Bertz CT molecular complexity index is 363. The van der Waals surface area contributed by atoms with Crippen molar-refractivity contribution in [2.75, 3.05) is 13.1 Å². The molecule has 1 aliphatic heterocycles. The molecule has 1 atom stereocenters. The molecule has 1 N–H and O–H groups in total. The van der Waals surface area contributed by atoms with Crippen LogP contribution < -0.4 is 5.32 Å². The zero-order valence-electron chi connectivity index (χ0n) is 11.0. The molecule has 0 saturated carbocycles. The minimum absolute atomic E-state index is 0.0245. The molecule has 1 aliphatic rings. The minimum atomic E-state index is -4.90. The van der Waals surface area contributed by atoms with E-state index in [2.05, 4.69) is 0 Å². The van der Waals surface area contributed by atoms with E-state index in [1.165, 1.54) is 4.90 Å². The van der Waals surface area contributed by atoms with E-state index in [1.807, 2.05) is 5.32 Å². The van der Waals surface area contributed by atoms with Gasteiger partial charge in [-0.1, -0.05) is 0 Å². The minimum Gasteiger partial charge on any atom is -0.444 e. The first-order chi connectivity index (χ1) is 8.49. The molecule has 1 heterocycles. The molecular formula is C11H17F3N2O3. The highest BCUT2D eigenvalue weighted by Gasteiger charge is 2.41. The van der Waals surface area contributed by atoms with Crippen molar-refractivity contribution in [1.82, 2.24) is 10.2 Å². The number of hydrogen-bond acceptors (Lipinski definition) is 3. The van der Waals surface area contributed by atoms with E-state index < -0.39 is 29.8 Å². The van der Waals surface area contributed by atoms with E-state index in [-0.39, 0.29) is 19.5 Å². The van der Waals surface area contributed by atoms with Crippen LogP contribution in [0.5, 0.6) is 0 Å². The number of likely N-dealkylation sites (tertiary alicyclic amines) is 1. The van der Waals surface area contributed by atoms with E-state index in [4.69, 9.17) is 4.74 Å². The topological polar surface area (TPSA) is 58.6 Å². The standard InChI is InChI=1S/C11H17F3N2O3/c1-10(2,3)19-9(18)16-5-4-7(6-16)15-8(17)11(12,13)14/h7H,4-6H2,1-3H3,(H,15,17). The van der Waals surface area contributed by atoms with Crippen LogP contribution in [0, 0.1) is 0 Å². The van der Waals surface area contributed by atoms with Gasteiger partial charge in [-0.3, -0.25) is 4.79 Å². The fourth-order valence-corrected chi connectivity index (χ4v) is 1.64. The van der Waals surface area contributed by atoms with Crippen molar-refractivity contribution in [1.29, 1.82) is 0 Å². The number of carbonyl (C=O) groups is 2. The Kier molecular flexibility index (Phi) is 4.32. The summed E-state index contributed by atoms with van der Waals surface area (Å²) in [6, 6.07) is -0.693. The van der Waals surface area contributed by atoms with Gasteiger partial charge in [0.1, 0.15) is 5.60 Å². The summed E-state index contributed by atoms with van der Waals surface area (Å²) in [4.78, 5) is 23.7. The van der Waals surface area contributed by atoms with Crippen molar-refractivity contribution in [3.63, 3.8) is 0 Å². The van der Waals surface area contributed by atoms with Crippen LogP contribution in [-0.4, -0.2) is 47.8 Å². The smallest absolute Gasteiger partial charge is 0.444 e. The highest BCUT2D eigenvalue weighted by atomic mass is 19.4. The second-order valence-electron chi connectivity index (χ2n) is 5.38. The lowest BCUT2D eigenvalue weighted by Gasteiger charge is -2.24. The molecule has 8 heteroatoms. The highest BCUT2D eigenvalue weighted by molar-refractivity contribution is 5.82. The predicted molar refractivity (Wildman–Crippen MR) is 60.4 cm³/mol. The lowest BCUT2D eigenvalue weighted by molar-refractivity contribution is -0.174. The van der Waals surface area contributed by atoms with Crippen LogP contribution in [0.15, 0.2) is 0 Å². The van der Waals surface area contributed by atoms with E-state index in [0.29, 0.717) is 0 Å². The van der Waals surface area contributed by atoms with Gasteiger partial charge in [0.05, 0.1) is 0 Å². The molecule has 0 bridgehead atoms. The maximum absolute atomic E-state index is 12.1. The average molecular weight is 282 g/mol. The van der Waals surface area contributed by atoms with Gasteiger partial charge in [-0.2, -0.15) is 13.2 Å². The summed E-state index contributed by atoms with van der Waals surface area (Å²) in [5, 5.41) is 1.85. The summed E-state index contributed by atoms with van der Waals surface area (Å²) in [6.07, 6.45) is -5.21. The molecule has 1 fully saturated rings. The van der Waals surface area contributed by atoms with Crippen molar-refractivity contribution in [3.05, 3.63) is 0 Å². The number of nitrogens with one attached hydrogen (secondary N) is 1. The van der Waals surface area contributed by atoms with Crippen LogP contribution in [-0.2, 0) is 9.53 Å². The van der Waals surface area contributed by atoms with Crippen molar-refractivity contribution in [2.45, 2.75) is 45.0 Å². The molecule has 0 aromatic rings. The number of halogens is 3. The van der Waals surface area contributed by atoms with Crippen LogP contribution in [0.4, 0.5) is 18.0 Å². The first kappa shape index (κ1) is 15.6. The second kappa shape index (κ2) is 5.26. The summed E-state index contributed by atoms with van der Waals surface area (Å²) in [7, 11) is 0. The summed E-state index contributed by atoms with van der Waals surface area (Å²) in [5.74, 6) is -1.98. The van der Waals surface area contributed by atoms with Gasteiger partial charge in [0.25, 0.3) is 0 Å². The lowest BCUT2D eigenvalue weighted by Crippen LogP contribution is -2.45. The van der Waals surface area contributed by atoms with Gasteiger partial charge in [0.15, 0.2) is 0 Å². The Morgan fingerprint density at radius 2 is 1.84 bits per heavy atom. The normalized spacial score (nSPS) is 20.3. The number of alkyl halides is 3. The number of ether oxygens (including phenoxy) is 1. The number of amides is 2. The molecule has 1 rings (SSSR count). The lowest BCUT2D eigenvalue weighted by atomic mass is 10.2. The Morgan fingerprint density at radius 1 is 1.26 bits per heavy atom. The van der Waals surface area contributed by atoms with E-state index in [1.54, 1.807) is 20.8 Å². The summed E-state index contributed by atoms with van der Waals surface area (Å²) in [6.45, 7) is 5.38. The van der Waals surface area contributed by atoms with Gasteiger partial charge in [0.2, 0.25) is 0 Å². The molecule has 1 unspecified atom stereocenters. The maximum Gasteiger partial charge on any atom is 0.471 e. The molecule has 5 nitrogen and oxygen atoms in total. The van der Waals surface area contributed by atoms with Gasteiger partial charge >= 0.3 is 18.2 Å². The molecule has 0 aromatic carbocycles. The van der Waals surface area contributed by atoms with E-state index >= 15 is 0 Å². The number of nitrogens with zero attached hydrogens (tertiary/aromatic N) is 1. The van der Waals surface area contributed by atoms with Crippen molar-refractivity contribution in [3.8, 4) is 0 Å². The Hall–Kier alpha value is -1.47. The maximum atomic E-state index is 12.1. The molecule has 0 aromatic heterocycles. The molecule has 0 spiro atoms. The number of hydrogen-bond donors (Lipinski definition) is 1. The summed E-state index contributed by atoms with van der Waals surface area (Å²) < 4.78 is 41.3. The molecule has 1 saturated heterocycles. The zero-order valence-corrected chi connectivity index (χ0v) is 11.0. The van der Waals surface area contributed by atoms with E-state index in [0.717, 1.165) is 0 Å². The fraction of sp³-hybridized carbons (Fsp3) is 0.818. The Morgan fingerprint density at radius 3 is 2.32 bits per heavy atom. The van der Waals surface area contributed by atoms with Gasteiger partial charge in [-0.05, 0) is 27.2 Å². The molecule has 2 amide bonds. The fourth-order valence-electron chi connectivity index (χ4n) is 1.64. The Labute approximate surface area is 109 Å². The third kappa shape index (κ3) is 4.96. The van der Waals surface area contributed by atoms with Crippen LogP contribution in [0.25, 0.3) is 0 Å². The molecule has 19 heavy (non-hydrogen) atoms. The van der Waals surface area contributed by atoms with Crippen LogP contribution >= 0.6 is 0 Å². The summed E-state index contributed by atoms with van der Waals surface area (Å²) in [5.41, 5.74) is -0.662. The SMILES string of the molecule is CC(C)(C)OC(=O)N1CCC(NC(=O)C(F)(F)F)C1. The highest BCUT2D eigenvalue weighted by Crippen LogP contribution is 2.18. The monoisotopic (exact) mass is 282 g/mol. The largest absolute Gasteiger partial charge is 0.471 e. The van der Waals surface area contributed by atoms with E-state index in [9.17, 15) is 22.8 Å². The molecule has 110 valence electrons. The van der Waals surface area contributed by atoms with Gasteiger partial charge in [0, 0.05) is 19.1 Å².